The third-order valence-corrected chi connectivity index (χ3v) is 4.64. The first-order valence-corrected chi connectivity index (χ1v) is 7.37. The number of rotatable bonds is 5. The summed E-state index contributed by atoms with van der Waals surface area (Å²) in [5.41, 5.74) is 0. The van der Waals surface area contributed by atoms with Gasteiger partial charge in [-0.15, -0.1) is 17.9 Å². The molecular formula is C13H19ClN2S. The van der Waals surface area contributed by atoms with Gasteiger partial charge < -0.3 is 5.32 Å². The van der Waals surface area contributed by atoms with Crippen LogP contribution in [0.25, 0.3) is 0 Å². The highest BCUT2D eigenvalue weighted by molar-refractivity contribution is 7.10. The summed E-state index contributed by atoms with van der Waals surface area (Å²) in [6.07, 6.45) is 4.16. The van der Waals surface area contributed by atoms with Gasteiger partial charge in [-0.1, -0.05) is 17.7 Å². The van der Waals surface area contributed by atoms with E-state index in [1.54, 1.807) is 11.3 Å². The molecule has 0 unspecified atom stereocenters. The number of halogens is 1. The minimum Gasteiger partial charge on any atom is -0.314 e. The van der Waals surface area contributed by atoms with E-state index in [0.29, 0.717) is 6.04 Å². The molecule has 0 aliphatic carbocycles. The number of thiophene rings is 1. The Labute approximate surface area is 112 Å². The van der Waals surface area contributed by atoms with Gasteiger partial charge in [0.25, 0.3) is 0 Å². The van der Waals surface area contributed by atoms with Gasteiger partial charge in [-0.2, -0.15) is 0 Å². The molecule has 1 aromatic rings. The predicted molar refractivity (Wildman–Crippen MR) is 75.9 cm³/mol. The molecule has 0 aromatic carbocycles. The van der Waals surface area contributed by atoms with E-state index in [9.17, 15) is 0 Å². The molecule has 1 aliphatic rings. The van der Waals surface area contributed by atoms with E-state index in [0.717, 1.165) is 44.0 Å². The number of piperazine rings is 1. The lowest BCUT2D eigenvalue weighted by molar-refractivity contribution is 0.168. The predicted octanol–water partition coefficient (Wildman–Crippen LogP) is 3.31. The van der Waals surface area contributed by atoms with Crippen molar-refractivity contribution in [1.29, 1.82) is 0 Å². The maximum Gasteiger partial charge on any atom is 0.0561 e. The van der Waals surface area contributed by atoms with Gasteiger partial charge in [0.1, 0.15) is 0 Å². The molecule has 1 atom stereocenters. The Hall–Kier alpha value is -0.350. The molecule has 0 saturated carbocycles. The van der Waals surface area contributed by atoms with E-state index in [1.165, 1.54) is 4.88 Å². The zero-order valence-electron chi connectivity index (χ0n) is 9.99. The fraction of sp³-hybridized carbons (Fsp3) is 0.538. The quantitative estimate of drug-likeness (QED) is 0.826. The van der Waals surface area contributed by atoms with Crippen LogP contribution < -0.4 is 5.32 Å². The topological polar surface area (TPSA) is 15.3 Å². The summed E-state index contributed by atoms with van der Waals surface area (Å²) in [4.78, 5) is 3.85. The minimum absolute atomic E-state index is 0.461. The van der Waals surface area contributed by atoms with Crippen LogP contribution in [0.3, 0.4) is 0 Å². The number of nitrogens with one attached hydrogen (secondary N) is 1. The fourth-order valence-electron chi connectivity index (χ4n) is 2.29. The highest BCUT2D eigenvalue weighted by Gasteiger charge is 2.24. The lowest BCUT2D eigenvalue weighted by atomic mass is 10.1. The van der Waals surface area contributed by atoms with Crippen LogP contribution in [0.4, 0.5) is 0 Å². The van der Waals surface area contributed by atoms with Crippen molar-refractivity contribution < 1.29 is 0 Å². The number of hydrogen-bond acceptors (Lipinski definition) is 3. The maximum absolute atomic E-state index is 6.27. The van der Waals surface area contributed by atoms with Gasteiger partial charge in [0.05, 0.1) is 5.02 Å². The summed E-state index contributed by atoms with van der Waals surface area (Å²) in [5, 5.41) is 6.40. The molecule has 1 aliphatic heterocycles. The van der Waals surface area contributed by atoms with E-state index >= 15 is 0 Å². The van der Waals surface area contributed by atoms with Crippen LogP contribution in [0.1, 0.15) is 23.8 Å². The fourth-order valence-corrected chi connectivity index (χ4v) is 3.64. The second kappa shape index (κ2) is 6.55. The van der Waals surface area contributed by atoms with Crippen molar-refractivity contribution in [3.05, 3.63) is 34.0 Å². The minimum atomic E-state index is 0.461. The average molecular weight is 271 g/mol. The van der Waals surface area contributed by atoms with E-state index in [4.69, 9.17) is 11.6 Å². The molecule has 1 aromatic heterocycles. The van der Waals surface area contributed by atoms with Crippen molar-refractivity contribution in [3.8, 4) is 0 Å². The second-order valence-electron chi connectivity index (χ2n) is 4.30. The highest BCUT2D eigenvalue weighted by atomic mass is 35.5. The lowest BCUT2D eigenvalue weighted by Gasteiger charge is -2.34. The van der Waals surface area contributed by atoms with Crippen molar-refractivity contribution >= 4 is 22.9 Å². The van der Waals surface area contributed by atoms with Crippen LogP contribution in [0.15, 0.2) is 24.1 Å². The molecule has 0 bridgehead atoms. The zero-order valence-corrected chi connectivity index (χ0v) is 11.6. The summed E-state index contributed by atoms with van der Waals surface area (Å²) in [6, 6.07) is 2.47. The summed E-state index contributed by atoms with van der Waals surface area (Å²) >= 11 is 8.05. The Bertz CT molecular complexity index is 358. The van der Waals surface area contributed by atoms with Gasteiger partial charge in [-0.3, -0.25) is 4.90 Å². The Kier molecular flexibility index (Phi) is 5.04. The molecule has 1 fully saturated rings. The van der Waals surface area contributed by atoms with Crippen molar-refractivity contribution in [2.45, 2.75) is 18.9 Å². The molecule has 2 nitrogen and oxygen atoms in total. The number of allylic oxidation sites excluding steroid dienone is 1. The molecule has 1 N–H and O–H groups in total. The standard InChI is InChI=1S/C13H19ClN2S/c1-2-3-4-12(13-11(14)5-10-17-13)16-8-6-15-7-9-16/h2,5,10,12,15H,1,3-4,6-9H2/t12-/m0/s1. The third kappa shape index (κ3) is 3.32. The van der Waals surface area contributed by atoms with Crippen molar-refractivity contribution in [3.63, 3.8) is 0 Å². The first-order chi connectivity index (χ1) is 8.33. The zero-order chi connectivity index (χ0) is 12.1. The molecule has 0 amide bonds. The summed E-state index contributed by atoms with van der Waals surface area (Å²) < 4.78 is 0. The van der Waals surface area contributed by atoms with Crippen LogP contribution in [0.5, 0.6) is 0 Å². The van der Waals surface area contributed by atoms with Crippen molar-refractivity contribution in [2.75, 3.05) is 26.2 Å². The maximum atomic E-state index is 6.27. The van der Waals surface area contributed by atoms with E-state index in [2.05, 4.69) is 22.2 Å². The van der Waals surface area contributed by atoms with Crippen LogP contribution in [-0.4, -0.2) is 31.1 Å². The highest BCUT2D eigenvalue weighted by Crippen LogP contribution is 2.35. The van der Waals surface area contributed by atoms with Gasteiger partial charge >= 0.3 is 0 Å². The smallest absolute Gasteiger partial charge is 0.0561 e. The first-order valence-electron chi connectivity index (χ1n) is 6.11. The van der Waals surface area contributed by atoms with Crippen LogP contribution in [0, 0.1) is 0 Å². The van der Waals surface area contributed by atoms with Gasteiger partial charge in [-0.25, -0.2) is 0 Å². The normalized spacial score (nSPS) is 19.1. The third-order valence-electron chi connectivity index (χ3n) is 3.18. The Morgan fingerprint density at radius 2 is 2.29 bits per heavy atom. The monoisotopic (exact) mass is 270 g/mol. The molecular weight excluding hydrogens is 252 g/mol. The van der Waals surface area contributed by atoms with Gasteiger partial charge in [0, 0.05) is 37.1 Å². The van der Waals surface area contributed by atoms with Gasteiger partial charge in [-0.05, 0) is 24.3 Å². The second-order valence-corrected chi connectivity index (χ2v) is 5.66. The van der Waals surface area contributed by atoms with Crippen LogP contribution in [-0.2, 0) is 0 Å². The molecule has 4 heteroatoms. The molecule has 17 heavy (non-hydrogen) atoms. The number of nitrogens with zero attached hydrogens (tertiary/aromatic N) is 1. The van der Waals surface area contributed by atoms with E-state index < -0.39 is 0 Å². The molecule has 0 spiro atoms. The summed E-state index contributed by atoms with van der Waals surface area (Å²) in [7, 11) is 0. The number of hydrogen-bond donors (Lipinski definition) is 1. The van der Waals surface area contributed by atoms with E-state index in [-0.39, 0.29) is 0 Å². The van der Waals surface area contributed by atoms with Crippen LogP contribution in [0.2, 0.25) is 5.02 Å². The van der Waals surface area contributed by atoms with Crippen molar-refractivity contribution in [2.24, 2.45) is 0 Å². The van der Waals surface area contributed by atoms with Crippen LogP contribution >= 0.6 is 22.9 Å². The Balaban J connectivity index is 2.12. The molecule has 2 rings (SSSR count). The van der Waals surface area contributed by atoms with Crippen molar-refractivity contribution in [1.82, 2.24) is 10.2 Å². The first kappa shape index (κ1) is 13.1. The van der Waals surface area contributed by atoms with Gasteiger partial charge in [0.15, 0.2) is 0 Å². The Morgan fingerprint density at radius 3 is 2.88 bits per heavy atom. The lowest BCUT2D eigenvalue weighted by Crippen LogP contribution is -2.45. The summed E-state index contributed by atoms with van der Waals surface area (Å²) in [6.45, 7) is 8.19. The largest absolute Gasteiger partial charge is 0.314 e. The molecule has 2 heterocycles. The molecule has 94 valence electrons. The van der Waals surface area contributed by atoms with Gasteiger partial charge in [0.2, 0.25) is 0 Å². The SMILES string of the molecule is C=CCC[C@@H](c1sccc1Cl)N1CCNCC1. The van der Waals surface area contributed by atoms with E-state index in [1.807, 2.05) is 12.1 Å². The Morgan fingerprint density at radius 1 is 1.53 bits per heavy atom. The molecule has 0 radical (unpaired) electrons. The average Bonchev–Trinajstić information content (AvgIpc) is 2.78. The molecule has 1 saturated heterocycles. The summed E-state index contributed by atoms with van der Waals surface area (Å²) in [5.74, 6) is 0.